The lowest BCUT2D eigenvalue weighted by molar-refractivity contribution is -0.129. The molecule has 2 aromatic rings. The van der Waals surface area contributed by atoms with Crippen molar-refractivity contribution in [3.63, 3.8) is 0 Å². The van der Waals surface area contributed by atoms with Gasteiger partial charge in [0, 0.05) is 19.2 Å². The van der Waals surface area contributed by atoms with E-state index in [0.29, 0.717) is 29.2 Å². The predicted molar refractivity (Wildman–Crippen MR) is 121 cm³/mol. The molecule has 0 aromatic heterocycles. The summed E-state index contributed by atoms with van der Waals surface area (Å²) in [6, 6.07) is 11.1. The lowest BCUT2D eigenvalue weighted by Gasteiger charge is -2.13. The van der Waals surface area contributed by atoms with Crippen LogP contribution in [0.4, 0.5) is 0 Å². The Hall–Kier alpha value is -2.13. The number of esters is 1. The van der Waals surface area contributed by atoms with Crippen molar-refractivity contribution >= 4 is 56.5 Å². The van der Waals surface area contributed by atoms with Gasteiger partial charge in [-0.3, -0.25) is 0 Å². The van der Waals surface area contributed by atoms with Gasteiger partial charge in [-0.1, -0.05) is 18.7 Å². The fourth-order valence-corrected chi connectivity index (χ4v) is 3.18. The summed E-state index contributed by atoms with van der Waals surface area (Å²) in [5, 5.41) is 0. The van der Waals surface area contributed by atoms with Crippen molar-refractivity contribution in [1.29, 1.82) is 0 Å². The van der Waals surface area contributed by atoms with E-state index in [4.69, 9.17) is 14.2 Å². The monoisotopic (exact) mass is 553 g/mol. The number of para-hydroxylation sites is 1. The Labute approximate surface area is 185 Å². The number of cyclic esters (lactones) is 1. The zero-order valence-electron chi connectivity index (χ0n) is 15.3. The van der Waals surface area contributed by atoms with Gasteiger partial charge in [0.05, 0.1) is 7.11 Å². The summed E-state index contributed by atoms with van der Waals surface area (Å²) in [5.74, 6) is 0.834. The maximum Gasteiger partial charge on any atom is 0.363 e. The zero-order valence-corrected chi connectivity index (χ0v) is 19.0. The van der Waals surface area contributed by atoms with Crippen molar-refractivity contribution in [2.45, 2.75) is 6.92 Å². The molecule has 0 N–H and O–H groups in total. The quantitative estimate of drug-likeness (QED) is 0.209. The summed E-state index contributed by atoms with van der Waals surface area (Å²) in [4.78, 5) is 16.7. The van der Waals surface area contributed by atoms with Gasteiger partial charge in [0.2, 0.25) is 5.90 Å². The van der Waals surface area contributed by atoms with Gasteiger partial charge in [-0.15, -0.1) is 0 Å². The average molecular weight is 554 g/mol. The average Bonchev–Trinajstić information content (AvgIpc) is 3.03. The highest BCUT2D eigenvalue weighted by Gasteiger charge is 2.25. The van der Waals surface area contributed by atoms with E-state index in [2.05, 4.69) is 50.1 Å². The van der Waals surface area contributed by atoms with E-state index in [-0.39, 0.29) is 11.6 Å². The molecule has 2 aromatic carbocycles. The van der Waals surface area contributed by atoms with Gasteiger partial charge >= 0.3 is 5.97 Å². The van der Waals surface area contributed by atoms with E-state index < -0.39 is 5.97 Å². The molecule has 0 bridgehead atoms. The Balaban J connectivity index is 1.98. The summed E-state index contributed by atoms with van der Waals surface area (Å²) in [6.45, 7) is 6.06. The minimum absolute atomic E-state index is 0.193. The van der Waals surface area contributed by atoms with Crippen molar-refractivity contribution in [3.8, 4) is 11.5 Å². The van der Waals surface area contributed by atoms with E-state index in [0.717, 1.165) is 13.6 Å². The molecule has 3 rings (SSSR count). The van der Waals surface area contributed by atoms with Gasteiger partial charge in [-0.2, -0.15) is 0 Å². The fourth-order valence-electron chi connectivity index (χ4n) is 2.47. The second-order valence-corrected chi connectivity index (χ2v) is 8.11. The van der Waals surface area contributed by atoms with Gasteiger partial charge < -0.3 is 14.2 Å². The molecule has 0 spiro atoms. The molecule has 5 nitrogen and oxygen atoms in total. The summed E-state index contributed by atoms with van der Waals surface area (Å²) in [5.41, 5.74) is 2.45. The van der Waals surface area contributed by atoms with Crippen molar-refractivity contribution in [3.05, 3.63) is 73.4 Å². The molecule has 1 heterocycles. The fraction of sp³-hybridized carbons (Fsp3) is 0.143. The first kappa shape index (κ1) is 20.6. The summed E-state index contributed by atoms with van der Waals surface area (Å²) >= 11 is 5.69. The van der Waals surface area contributed by atoms with Crippen LogP contribution >= 0.6 is 38.5 Å². The first-order chi connectivity index (χ1) is 13.4. The lowest BCUT2D eigenvalue weighted by Crippen LogP contribution is -2.05. The van der Waals surface area contributed by atoms with Gasteiger partial charge in [0.15, 0.2) is 17.2 Å². The van der Waals surface area contributed by atoms with E-state index in [9.17, 15) is 4.79 Å². The third-order valence-corrected chi connectivity index (χ3v) is 6.11. The third kappa shape index (κ3) is 4.64. The molecular formula is C21H17BrINO4. The molecule has 0 unspecified atom stereocenters. The van der Waals surface area contributed by atoms with Crippen molar-refractivity contribution in [2.75, 3.05) is 13.7 Å². The van der Waals surface area contributed by atoms with Crippen LogP contribution in [0.25, 0.3) is 6.08 Å². The second-order valence-electron chi connectivity index (χ2n) is 6.09. The number of aliphatic imine (C=N–C) groups is 1. The van der Waals surface area contributed by atoms with Gasteiger partial charge in [0.25, 0.3) is 0 Å². The largest absolute Gasteiger partial charge is 0.493 e. The van der Waals surface area contributed by atoms with Crippen LogP contribution < -0.4 is 9.47 Å². The Morgan fingerprint density at radius 1 is 1.36 bits per heavy atom. The molecule has 0 saturated carbocycles. The molecule has 28 heavy (non-hydrogen) atoms. The minimum Gasteiger partial charge on any atom is -0.493 e. The van der Waals surface area contributed by atoms with Crippen LogP contribution in [-0.4, -0.2) is 25.6 Å². The van der Waals surface area contributed by atoms with Crippen LogP contribution in [0.5, 0.6) is 11.5 Å². The van der Waals surface area contributed by atoms with Gasteiger partial charge in [0.1, 0.15) is 6.61 Å². The Kier molecular flexibility index (Phi) is 6.56. The van der Waals surface area contributed by atoms with Crippen LogP contribution in [0.2, 0.25) is 0 Å². The summed E-state index contributed by atoms with van der Waals surface area (Å²) < 4.78 is 18.5. The number of nitrogens with zero attached hydrogens (tertiary/aromatic N) is 1. The molecule has 0 amide bonds. The summed E-state index contributed by atoms with van der Waals surface area (Å²) in [6.07, 6.45) is 1.63. The van der Waals surface area contributed by atoms with Gasteiger partial charge in [-0.05, 0) is 81.4 Å². The number of carbonyl (C=O) groups is 1. The Morgan fingerprint density at radius 2 is 2.14 bits per heavy atom. The Bertz CT molecular complexity index is 1010. The SMILES string of the molecule is C=C(C)COc1c(/C=C2\N=C(c3ccc(I)c(Br)c3)OC2=O)cccc1OC. The smallest absolute Gasteiger partial charge is 0.363 e. The predicted octanol–water partition coefficient (Wildman–Crippen LogP) is 5.36. The van der Waals surface area contributed by atoms with E-state index in [1.165, 1.54) is 0 Å². The maximum atomic E-state index is 12.3. The topological polar surface area (TPSA) is 57.1 Å². The number of ether oxygens (including phenoxy) is 3. The molecule has 1 aliphatic rings. The number of halogens is 2. The van der Waals surface area contributed by atoms with Crippen molar-refractivity contribution in [2.24, 2.45) is 4.99 Å². The van der Waals surface area contributed by atoms with Gasteiger partial charge in [-0.25, -0.2) is 9.79 Å². The van der Waals surface area contributed by atoms with Crippen molar-refractivity contribution < 1.29 is 19.0 Å². The number of hydrogen-bond donors (Lipinski definition) is 0. The second kappa shape index (κ2) is 8.91. The Morgan fingerprint density at radius 3 is 2.82 bits per heavy atom. The molecule has 0 fully saturated rings. The van der Waals surface area contributed by atoms with Crippen LogP contribution in [0.1, 0.15) is 18.1 Å². The van der Waals surface area contributed by atoms with E-state index in [1.54, 1.807) is 19.3 Å². The molecule has 144 valence electrons. The van der Waals surface area contributed by atoms with Crippen LogP contribution in [-0.2, 0) is 9.53 Å². The summed E-state index contributed by atoms with van der Waals surface area (Å²) in [7, 11) is 1.56. The lowest BCUT2D eigenvalue weighted by atomic mass is 10.1. The molecular weight excluding hydrogens is 537 g/mol. The van der Waals surface area contributed by atoms with E-state index >= 15 is 0 Å². The maximum absolute atomic E-state index is 12.3. The highest BCUT2D eigenvalue weighted by atomic mass is 127. The molecule has 0 saturated heterocycles. The zero-order chi connectivity index (χ0) is 20.3. The highest BCUT2D eigenvalue weighted by Crippen LogP contribution is 2.34. The normalized spacial score (nSPS) is 14.6. The molecule has 0 atom stereocenters. The third-order valence-electron chi connectivity index (χ3n) is 3.77. The van der Waals surface area contributed by atoms with Crippen molar-refractivity contribution in [1.82, 2.24) is 0 Å². The minimum atomic E-state index is -0.515. The molecule has 0 radical (unpaired) electrons. The number of rotatable bonds is 6. The number of methoxy groups -OCH3 is 1. The van der Waals surface area contributed by atoms with Crippen LogP contribution in [0.15, 0.2) is 63.7 Å². The highest BCUT2D eigenvalue weighted by molar-refractivity contribution is 14.1. The first-order valence-electron chi connectivity index (χ1n) is 8.31. The van der Waals surface area contributed by atoms with Crippen LogP contribution in [0, 0.1) is 3.57 Å². The number of hydrogen-bond acceptors (Lipinski definition) is 5. The molecule has 0 aliphatic carbocycles. The molecule has 7 heteroatoms. The molecule has 1 aliphatic heterocycles. The number of benzene rings is 2. The van der Waals surface area contributed by atoms with Crippen LogP contribution in [0.3, 0.4) is 0 Å². The number of carbonyl (C=O) groups excluding carboxylic acids is 1. The first-order valence-corrected chi connectivity index (χ1v) is 10.2. The van der Waals surface area contributed by atoms with E-state index in [1.807, 2.05) is 37.3 Å². The standard InChI is InChI=1S/C21H17BrINO4/c1-12(2)11-27-19-13(5-4-6-18(19)26-3)10-17-21(25)28-20(24-17)14-7-8-16(23)15(22)9-14/h4-10H,1,11H2,2-3H3/b17-10-.